The number of benzene rings is 1. The first-order valence-corrected chi connectivity index (χ1v) is 5.40. The zero-order valence-corrected chi connectivity index (χ0v) is 10.3. The quantitative estimate of drug-likeness (QED) is 0.647. The van der Waals surface area contributed by atoms with Crippen LogP contribution in [0.3, 0.4) is 0 Å². The highest BCUT2D eigenvalue weighted by atomic mass is 19.1. The lowest BCUT2D eigenvalue weighted by molar-refractivity contribution is 0.0693. The third kappa shape index (κ3) is 1.64. The number of hydrogen-bond donors (Lipinski definition) is 0. The predicted octanol–water partition coefficient (Wildman–Crippen LogP) is 2.35. The summed E-state index contributed by atoms with van der Waals surface area (Å²) in [6, 6.07) is 2.66. The second-order valence-electron chi connectivity index (χ2n) is 5.30. The predicted molar refractivity (Wildman–Crippen MR) is 61.5 cm³/mol. The Kier molecular flexibility index (Phi) is 2.35. The lowest BCUT2D eigenvalue weighted by Gasteiger charge is -2.20. The zero-order valence-electron chi connectivity index (χ0n) is 10.3. The molecule has 1 aromatic rings. The van der Waals surface area contributed by atoms with Gasteiger partial charge in [-0.15, -0.1) is 0 Å². The van der Waals surface area contributed by atoms with Gasteiger partial charge in [-0.05, 0) is 23.1 Å². The van der Waals surface area contributed by atoms with Crippen LogP contribution in [-0.2, 0) is 5.41 Å². The van der Waals surface area contributed by atoms with E-state index in [0.29, 0.717) is 11.1 Å². The fourth-order valence-corrected chi connectivity index (χ4v) is 1.96. The highest BCUT2D eigenvalue weighted by Gasteiger charge is 2.35. The summed E-state index contributed by atoms with van der Waals surface area (Å²) in [5.41, 5.74) is 0.503. The lowest BCUT2D eigenvalue weighted by Crippen LogP contribution is -2.24. The molecule has 0 atom stereocenters. The maximum Gasteiger partial charge on any atom is 0.261 e. The molecule has 90 valence electrons. The molecular formula is C13H14FNO2. The molecule has 0 unspecified atom stereocenters. The Morgan fingerprint density at radius 1 is 1.06 bits per heavy atom. The number of carbonyl (C=O) groups is 2. The van der Waals surface area contributed by atoms with Gasteiger partial charge in [0, 0.05) is 7.05 Å². The molecule has 0 aromatic heterocycles. The van der Waals surface area contributed by atoms with Crippen molar-refractivity contribution in [3.63, 3.8) is 0 Å². The SMILES string of the molecule is CN1C(=O)c2cc(F)c(C(C)(C)C)cc2C1=O. The fourth-order valence-electron chi connectivity index (χ4n) is 1.96. The van der Waals surface area contributed by atoms with E-state index in [1.54, 1.807) is 0 Å². The van der Waals surface area contributed by atoms with E-state index in [1.807, 2.05) is 20.8 Å². The molecule has 0 radical (unpaired) electrons. The van der Waals surface area contributed by atoms with Crippen LogP contribution in [0, 0.1) is 5.82 Å². The first-order chi connectivity index (χ1) is 7.73. The molecule has 0 saturated heterocycles. The highest BCUT2D eigenvalue weighted by Crippen LogP contribution is 2.31. The summed E-state index contributed by atoms with van der Waals surface area (Å²) in [4.78, 5) is 24.4. The van der Waals surface area contributed by atoms with E-state index in [1.165, 1.54) is 19.2 Å². The smallest absolute Gasteiger partial charge is 0.261 e. The van der Waals surface area contributed by atoms with E-state index in [9.17, 15) is 14.0 Å². The van der Waals surface area contributed by atoms with Gasteiger partial charge in [0.05, 0.1) is 11.1 Å². The van der Waals surface area contributed by atoms with E-state index in [-0.39, 0.29) is 11.5 Å². The van der Waals surface area contributed by atoms with Crippen LogP contribution in [0.4, 0.5) is 4.39 Å². The molecule has 1 aliphatic heterocycles. The van der Waals surface area contributed by atoms with Crippen LogP contribution in [0.25, 0.3) is 0 Å². The molecule has 2 rings (SSSR count). The molecule has 1 aromatic carbocycles. The van der Waals surface area contributed by atoms with E-state index < -0.39 is 17.1 Å². The minimum atomic E-state index is -0.440. The van der Waals surface area contributed by atoms with Crippen molar-refractivity contribution < 1.29 is 14.0 Å². The number of halogens is 1. The summed E-state index contributed by atoms with van der Waals surface area (Å²) in [7, 11) is 1.40. The molecular weight excluding hydrogens is 221 g/mol. The number of carbonyl (C=O) groups excluding carboxylic acids is 2. The maximum absolute atomic E-state index is 13.9. The summed E-state index contributed by atoms with van der Waals surface area (Å²) in [6.45, 7) is 5.59. The van der Waals surface area contributed by atoms with Crippen molar-refractivity contribution in [3.8, 4) is 0 Å². The second kappa shape index (κ2) is 3.39. The minimum absolute atomic E-state index is 0.156. The average Bonchev–Trinajstić information content (AvgIpc) is 2.41. The van der Waals surface area contributed by atoms with Crippen molar-refractivity contribution in [2.45, 2.75) is 26.2 Å². The van der Waals surface area contributed by atoms with Crippen molar-refractivity contribution in [2.24, 2.45) is 0 Å². The van der Waals surface area contributed by atoms with Crippen LogP contribution < -0.4 is 0 Å². The van der Waals surface area contributed by atoms with Crippen LogP contribution in [0.5, 0.6) is 0 Å². The van der Waals surface area contributed by atoms with Crippen molar-refractivity contribution >= 4 is 11.8 Å². The largest absolute Gasteiger partial charge is 0.277 e. The number of nitrogens with zero attached hydrogens (tertiary/aromatic N) is 1. The summed E-state index contributed by atoms with van der Waals surface area (Å²) in [5, 5.41) is 0. The zero-order chi connectivity index (χ0) is 13.0. The first kappa shape index (κ1) is 11.8. The fraction of sp³-hybridized carbons (Fsp3) is 0.385. The third-order valence-corrected chi connectivity index (χ3v) is 2.99. The molecule has 0 aliphatic carbocycles. The molecule has 0 spiro atoms. The molecule has 3 nitrogen and oxygen atoms in total. The van der Waals surface area contributed by atoms with Gasteiger partial charge < -0.3 is 0 Å². The van der Waals surface area contributed by atoms with Crippen molar-refractivity contribution in [3.05, 3.63) is 34.6 Å². The summed E-state index contributed by atoms with van der Waals surface area (Å²) < 4.78 is 13.9. The minimum Gasteiger partial charge on any atom is -0.277 e. The van der Waals surface area contributed by atoms with Crippen molar-refractivity contribution in [1.82, 2.24) is 4.90 Å². The monoisotopic (exact) mass is 235 g/mol. The van der Waals surface area contributed by atoms with Gasteiger partial charge in [-0.25, -0.2) is 4.39 Å². The summed E-state index contributed by atoms with van der Waals surface area (Å²) >= 11 is 0. The van der Waals surface area contributed by atoms with E-state index >= 15 is 0 Å². The highest BCUT2D eigenvalue weighted by molar-refractivity contribution is 6.21. The normalized spacial score (nSPS) is 15.5. The molecule has 0 fully saturated rings. The topological polar surface area (TPSA) is 37.4 Å². The lowest BCUT2D eigenvalue weighted by atomic mass is 9.85. The van der Waals surface area contributed by atoms with Gasteiger partial charge in [-0.2, -0.15) is 0 Å². The van der Waals surface area contributed by atoms with Crippen molar-refractivity contribution in [2.75, 3.05) is 7.05 Å². The molecule has 0 N–H and O–H groups in total. The standard InChI is InChI=1S/C13H14FNO2/c1-13(2,3)9-5-7-8(6-10(9)14)12(17)15(4)11(7)16/h5-6H,1-4H3. The van der Waals surface area contributed by atoms with E-state index in [2.05, 4.69) is 0 Å². The number of hydrogen-bond acceptors (Lipinski definition) is 2. The number of fused-ring (bicyclic) bond motifs is 1. The third-order valence-electron chi connectivity index (χ3n) is 2.99. The van der Waals surface area contributed by atoms with Gasteiger partial charge in [0.15, 0.2) is 0 Å². The molecule has 1 aliphatic rings. The Labute approximate surface area is 99.2 Å². The Hall–Kier alpha value is -1.71. The van der Waals surface area contributed by atoms with Gasteiger partial charge in [0.25, 0.3) is 11.8 Å². The summed E-state index contributed by atoms with van der Waals surface area (Å²) in [6.07, 6.45) is 0. The molecule has 17 heavy (non-hydrogen) atoms. The number of imide groups is 1. The molecule has 1 heterocycles. The van der Waals surface area contributed by atoms with E-state index in [0.717, 1.165) is 4.90 Å². The number of amides is 2. The summed E-state index contributed by atoms with van der Waals surface area (Å²) in [5.74, 6) is -1.24. The Morgan fingerprint density at radius 2 is 1.53 bits per heavy atom. The van der Waals surface area contributed by atoms with Gasteiger partial charge >= 0.3 is 0 Å². The van der Waals surface area contributed by atoms with Crippen LogP contribution in [0.15, 0.2) is 12.1 Å². The Balaban J connectivity index is 2.68. The van der Waals surface area contributed by atoms with Gasteiger partial charge in [-0.1, -0.05) is 20.8 Å². The number of rotatable bonds is 0. The van der Waals surface area contributed by atoms with Crippen LogP contribution in [-0.4, -0.2) is 23.8 Å². The van der Waals surface area contributed by atoms with Gasteiger partial charge in [0.1, 0.15) is 5.82 Å². The first-order valence-electron chi connectivity index (χ1n) is 5.40. The average molecular weight is 235 g/mol. The van der Waals surface area contributed by atoms with Crippen LogP contribution >= 0.6 is 0 Å². The maximum atomic E-state index is 13.9. The van der Waals surface area contributed by atoms with Gasteiger partial charge in [0.2, 0.25) is 0 Å². The molecule has 0 saturated carbocycles. The Morgan fingerprint density at radius 3 is 2.00 bits per heavy atom. The molecule has 4 heteroatoms. The van der Waals surface area contributed by atoms with Crippen LogP contribution in [0.1, 0.15) is 47.1 Å². The molecule has 0 bridgehead atoms. The Bertz CT molecular complexity index is 529. The second-order valence-corrected chi connectivity index (χ2v) is 5.30. The van der Waals surface area contributed by atoms with Crippen LogP contribution in [0.2, 0.25) is 0 Å². The van der Waals surface area contributed by atoms with Gasteiger partial charge in [-0.3, -0.25) is 14.5 Å². The van der Waals surface area contributed by atoms with E-state index in [4.69, 9.17) is 0 Å². The molecule has 2 amide bonds. The van der Waals surface area contributed by atoms with Crippen molar-refractivity contribution in [1.29, 1.82) is 0 Å².